The lowest BCUT2D eigenvalue weighted by atomic mass is 9.99. The van der Waals surface area contributed by atoms with Gasteiger partial charge in [-0.1, -0.05) is 30.3 Å². The zero-order valence-electron chi connectivity index (χ0n) is 18.4. The van der Waals surface area contributed by atoms with Crippen LogP contribution in [0.4, 0.5) is 0 Å². The monoisotopic (exact) mass is 459 g/mol. The third kappa shape index (κ3) is 6.14. The van der Waals surface area contributed by atoms with E-state index in [1.165, 1.54) is 29.0 Å². The Labute approximate surface area is 191 Å². The van der Waals surface area contributed by atoms with Crippen LogP contribution in [0, 0.1) is 0 Å². The second kappa shape index (κ2) is 10.2. The highest BCUT2D eigenvalue weighted by molar-refractivity contribution is 7.99. The minimum atomic E-state index is -1.53. The fourth-order valence-corrected chi connectivity index (χ4v) is 4.59. The van der Waals surface area contributed by atoms with Crippen molar-refractivity contribution in [1.82, 2.24) is 15.5 Å². The number of carbonyl (C=O) groups is 3. The number of furan rings is 1. The number of rotatable bonds is 7. The van der Waals surface area contributed by atoms with Crippen LogP contribution < -0.4 is 10.6 Å². The van der Waals surface area contributed by atoms with Crippen molar-refractivity contribution in [3.8, 4) is 0 Å². The number of carbonyl (C=O) groups excluding carboxylic acids is 3. The summed E-state index contributed by atoms with van der Waals surface area (Å²) in [6, 6.07) is 10.8. The normalized spacial score (nSPS) is 18.1. The molecule has 1 aromatic carbocycles. The molecule has 0 aliphatic carbocycles. The lowest BCUT2D eigenvalue weighted by Crippen LogP contribution is -2.57. The van der Waals surface area contributed by atoms with Crippen LogP contribution >= 0.6 is 11.8 Å². The van der Waals surface area contributed by atoms with Gasteiger partial charge in [-0.05, 0) is 44.9 Å². The molecule has 9 heteroatoms. The van der Waals surface area contributed by atoms with Gasteiger partial charge in [0.25, 0.3) is 11.8 Å². The molecule has 3 atom stereocenters. The van der Waals surface area contributed by atoms with Crippen molar-refractivity contribution in [3.05, 3.63) is 60.1 Å². The number of benzene rings is 1. The van der Waals surface area contributed by atoms with E-state index < -0.39 is 35.5 Å². The summed E-state index contributed by atoms with van der Waals surface area (Å²) in [4.78, 5) is 39.9. The lowest BCUT2D eigenvalue weighted by Gasteiger charge is -2.31. The van der Waals surface area contributed by atoms with Crippen LogP contribution in [0.5, 0.6) is 0 Å². The van der Waals surface area contributed by atoms with Crippen molar-refractivity contribution >= 4 is 29.5 Å². The molecule has 32 heavy (non-hydrogen) atoms. The maximum atomic E-state index is 13.2. The molecule has 3 amide bonds. The summed E-state index contributed by atoms with van der Waals surface area (Å²) in [6.07, 6.45) is 0.0838. The van der Waals surface area contributed by atoms with E-state index in [0.29, 0.717) is 11.6 Å². The summed E-state index contributed by atoms with van der Waals surface area (Å²) in [6.45, 7) is 5.61. The Bertz CT molecular complexity index is 927. The number of nitrogens with zero attached hydrogens (tertiary/aromatic N) is 1. The van der Waals surface area contributed by atoms with E-state index in [-0.39, 0.29) is 18.1 Å². The summed E-state index contributed by atoms with van der Waals surface area (Å²) in [5.74, 6) is -0.556. The Morgan fingerprint density at radius 1 is 1.19 bits per heavy atom. The molecule has 1 saturated heterocycles. The van der Waals surface area contributed by atoms with Gasteiger partial charge in [-0.2, -0.15) is 0 Å². The molecule has 1 unspecified atom stereocenters. The maximum absolute atomic E-state index is 13.2. The summed E-state index contributed by atoms with van der Waals surface area (Å²) < 4.78 is 5.14. The number of thioether (sulfide) groups is 1. The molecule has 0 spiro atoms. The molecule has 0 radical (unpaired) electrons. The molecule has 2 heterocycles. The lowest BCUT2D eigenvalue weighted by molar-refractivity contribution is -0.146. The summed E-state index contributed by atoms with van der Waals surface area (Å²) >= 11 is 1.45. The fraction of sp³-hybridized carbons (Fsp3) is 0.435. The minimum absolute atomic E-state index is 0.0851. The van der Waals surface area contributed by atoms with Crippen molar-refractivity contribution in [2.75, 3.05) is 11.6 Å². The Morgan fingerprint density at radius 2 is 1.91 bits per heavy atom. The van der Waals surface area contributed by atoms with Crippen LogP contribution in [0.25, 0.3) is 0 Å². The number of aliphatic hydroxyl groups excluding tert-OH is 1. The third-order valence-electron chi connectivity index (χ3n) is 4.96. The molecule has 0 saturated carbocycles. The quantitative estimate of drug-likeness (QED) is 0.582. The molecule has 3 N–H and O–H groups in total. The van der Waals surface area contributed by atoms with Crippen molar-refractivity contribution in [2.24, 2.45) is 0 Å². The zero-order chi connectivity index (χ0) is 23.3. The molecule has 1 aliphatic rings. The van der Waals surface area contributed by atoms with Crippen molar-refractivity contribution in [1.29, 1.82) is 0 Å². The second-order valence-corrected chi connectivity index (χ2v) is 9.75. The summed E-state index contributed by atoms with van der Waals surface area (Å²) in [7, 11) is 0. The fourth-order valence-electron chi connectivity index (χ4n) is 3.43. The van der Waals surface area contributed by atoms with E-state index in [0.717, 1.165) is 5.56 Å². The zero-order valence-corrected chi connectivity index (χ0v) is 19.2. The first-order chi connectivity index (χ1) is 15.2. The molecular weight excluding hydrogens is 430 g/mol. The molecule has 172 valence electrons. The number of nitrogens with one attached hydrogen (secondary N) is 2. The van der Waals surface area contributed by atoms with Crippen LogP contribution in [0.2, 0.25) is 0 Å². The average Bonchev–Trinajstić information content (AvgIpc) is 3.43. The molecular formula is C23H29N3O5S. The topological polar surface area (TPSA) is 112 Å². The van der Waals surface area contributed by atoms with Crippen molar-refractivity contribution < 1.29 is 23.9 Å². The van der Waals surface area contributed by atoms with Gasteiger partial charge in [0.1, 0.15) is 6.04 Å². The maximum Gasteiger partial charge on any atom is 0.287 e. The average molecular weight is 460 g/mol. The Hall–Kier alpha value is -2.78. The van der Waals surface area contributed by atoms with Crippen molar-refractivity contribution in [2.45, 2.75) is 50.9 Å². The number of aliphatic hydroxyl groups is 1. The van der Waals surface area contributed by atoms with Gasteiger partial charge in [-0.25, -0.2) is 0 Å². The summed E-state index contributed by atoms with van der Waals surface area (Å²) in [5.41, 5.74) is 0.409. The highest BCUT2D eigenvalue weighted by Crippen LogP contribution is 2.24. The van der Waals surface area contributed by atoms with Crippen LogP contribution in [0.1, 0.15) is 36.9 Å². The largest absolute Gasteiger partial charge is 0.459 e. The van der Waals surface area contributed by atoms with Crippen LogP contribution in [-0.4, -0.2) is 63.1 Å². The highest BCUT2D eigenvalue weighted by atomic mass is 32.2. The number of amides is 3. The third-order valence-corrected chi connectivity index (χ3v) is 5.97. The standard InChI is InChI=1S/C23H29N3O5S/c1-23(2,3)25-20(28)17-13-32-14-26(17)22(30)19(27)16(12-15-8-5-4-6-9-15)24-21(29)18-10-7-11-31-18/h4-11,16-17,19,27H,12-14H2,1-3H3,(H,24,29)(H,25,28)/t16-,17?,19-/m0/s1. The van der Waals surface area contributed by atoms with Gasteiger partial charge < -0.3 is 25.1 Å². The van der Waals surface area contributed by atoms with E-state index in [9.17, 15) is 19.5 Å². The Kier molecular flexibility index (Phi) is 7.63. The van der Waals surface area contributed by atoms with Gasteiger partial charge in [-0.3, -0.25) is 14.4 Å². The van der Waals surface area contributed by atoms with E-state index in [1.54, 1.807) is 6.07 Å². The van der Waals surface area contributed by atoms with Gasteiger partial charge in [0.2, 0.25) is 5.91 Å². The second-order valence-electron chi connectivity index (χ2n) is 8.75. The predicted octanol–water partition coefficient (Wildman–Crippen LogP) is 1.80. The Morgan fingerprint density at radius 3 is 2.53 bits per heavy atom. The van der Waals surface area contributed by atoms with E-state index in [4.69, 9.17) is 4.42 Å². The van der Waals surface area contributed by atoms with Gasteiger partial charge >= 0.3 is 0 Å². The highest BCUT2D eigenvalue weighted by Gasteiger charge is 2.40. The van der Waals surface area contributed by atoms with E-state index >= 15 is 0 Å². The van der Waals surface area contributed by atoms with Crippen LogP contribution in [0.3, 0.4) is 0 Å². The van der Waals surface area contributed by atoms with Gasteiger partial charge in [-0.15, -0.1) is 11.8 Å². The Balaban J connectivity index is 1.77. The molecule has 1 aliphatic heterocycles. The minimum Gasteiger partial charge on any atom is -0.459 e. The molecule has 3 rings (SSSR count). The molecule has 2 aromatic rings. The van der Waals surface area contributed by atoms with Gasteiger partial charge in [0, 0.05) is 11.3 Å². The first-order valence-corrected chi connectivity index (χ1v) is 11.6. The van der Waals surface area contributed by atoms with Crippen LogP contribution in [0.15, 0.2) is 53.1 Å². The first kappa shape index (κ1) is 23.9. The molecule has 8 nitrogen and oxygen atoms in total. The molecule has 0 bridgehead atoms. The number of hydrogen-bond acceptors (Lipinski definition) is 6. The predicted molar refractivity (Wildman–Crippen MR) is 122 cm³/mol. The smallest absolute Gasteiger partial charge is 0.287 e. The molecule has 1 aromatic heterocycles. The van der Waals surface area contributed by atoms with E-state index in [2.05, 4.69) is 10.6 Å². The van der Waals surface area contributed by atoms with Crippen molar-refractivity contribution in [3.63, 3.8) is 0 Å². The molecule has 1 fully saturated rings. The van der Waals surface area contributed by atoms with E-state index in [1.807, 2.05) is 51.1 Å². The SMILES string of the molecule is CC(C)(C)NC(=O)C1CSCN1C(=O)[C@@H](O)[C@H](Cc1ccccc1)NC(=O)c1ccco1. The summed E-state index contributed by atoms with van der Waals surface area (Å²) in [5, 5.41) is 16.6. The van der Waals surface area contributed by atoms with Crippen LogP contribution in [-0.2, 0) is 16.0 Å². The van der Waals surface area contributed by atoms with Gasteiger partial charge in [0.15, 0.2) is 11.9 Å². The van der Waals surface area contributed by atoms with Gasteiger partial charge in [0.05, 0.1) is 18.2 Å². The number of hydrogen-bond donors (Lipinski definition) is 3. The first-order valence-electron chi connectivity index (χ1n) is 10.4.